The second kappa shape index (κ2) is 5.82. The quantitative estimate of drug-likeness (QED) is 0.878. The van der Waals surface area contributed by atoms with Crippen molar-refractivity contribution in [2.45, 2.75) is 13.1 Å². The fraction of sp³-hybridized carbons (Fsp3) is 0.167. The van der Waals surface area contributed by atoms with Gasteiger partial charge in [0.15, 0.2) is 0 Å². The summed E-state index contributed by atoms with van der Waals surface area (Å²) in [5.74, 6) is 0. The van der Waals surface area contributed by atoms with Gasteiger partial charge in [0.25, 0.3) is 0 Å². The first kappa shape index (κ1) is 12.1. The van der Waals surface area contributed by atoms with Gasteiger partial charge in [0.05, 0.1) is 0 Å². The van der Waals surface area contributed by atoms with E-state index in [1.165, 1.54) is 10.4 Å². The zero-order chi connectivity index (χ0) is 11.4. The molecule has 0 saturated heterocycles. The molecule has 84 valence electrons. The molecule has 2 rings (SSSR count). The first-order valence-electron chi connectivity index (χ1n) is 4.92. The summed E-state index contributed by atoms with van der Waals surface area (Å²) >= 11 is 11.0. The molecule has 0 radical (unpaired) electrons. The maximum absolute atomic E-state index is 5.82. The molecule has 0 aliphatic carbocycles. The lowest BCUT2D eigenvalue weighted by atomic mass is 10.2. The zero-order valence-corrected chi connectivity index (χ0v) is 11.7. The van der Waals surface area contributed by atoms with Gasteiger partial charge in [0, 0.05) is 32.8 Å². The third-order valence-corrected chi connectivity index (χ3v) is 4.11. The molecule has 0 amide bonds. The second-order valence-electron chi connectivity index (χ2n) is 3.46. The molecular weight excluding hydrogens is 306 g/mol. The Morgan fingerprint density at radius 2 is 1.94 bits per heavy atom. The minimum absolute atomic E-state index is 0.783. The van der Waals surface area contributed by atoms with E-state index >= 15 is 0 Å². The predicted molar refractivity (Wildman–Crippen MR) is 74.0 cm³/mol. The van der Waals surface area contributed by atoms with Gasteiger partial charge in [-0.3, -0.25) is 0 Å². The van der Waals surface area contributed by atoms with Crippen LogP contribution in [0.25, 0.3) is 0 Å². The summed E-state index contributed by atoms with van der Waals surface area (Å²) in [7, 11) is 0. The highest BCUT2D eigenvalue weighted by atomic mass is 79.9. The van der Waals surface area contributed by atoms with Crippen LogP contribution in [0.3, 0.4) is 0 Å². The van der Waals surface area contributed by atoms with Gasteiger partial charge in [0.1, 0.15) is 0 Å². The molecule has 0 unspecified atom stereocenters. The molecule has 0 aliphatic rings. The van der Waals surface area contributed by atoms with E-state index in [9.17, 15) is 0 Å². The third-order valence-electron chi connectivity index (χ3n) is 2.16. The SMILES string of the molecule is Clc1ccc(CNCc2cc(Br)cs2)cc1. The Bertz CT molecular complexity index is 452. The van der Waals surface area contributed by atoms with Crippen molar-refractivity contribution < 1.29 is 0 Å². The van der Waals surface area contributed by atoms with Crippen molar-refractivity contribution in [3.63, 3.8) is 0 Å². The van der Waals surface area contributed by atoms with Crippen LogP contribution in [-0.4, -0.2) is 0 Å². The standard InChI is InChI=1S/C12H11BrClNS/c13-10-5-12(16-8-10)7-15-6-9-1-3-11(14)4-2-9/h1-5,8,15H,6-7H2. The maximum atomic E-state index is 5.82. The molecule has 0 bridgehead atoms. The average Bonchev–Trinajstić information content (AvgIpc) is 2.67. The fourth-order valence-corrected chi connectivity index (χ4v) is 2.93. The van der Waals surface area contributed by atoms with Crippen LogP contribution in [0.2, 0.25) is 5.02 Å². The largest absolute Gasteiger partial charge is 0.308 e. The Balaban J connectivity index is 1.82. The summed E-state index contributed by atoms with van der Waals surface area (Å²) < 4.78 is 1.15. The minimum atomic E-state index is 0.783. The normalized spacial score (nSPS) is 10.6. The van der Waals surface area contributed by atoms with Gasteiger partial charge in [-0.1, -0.05) is 23.7 Å². The molecule has 0 aliphatic heterocycles. The van der Waals surface area contributed by atoms with Crippen LogP contribution < -0.4 is 5.32 Å². The van der Waals surface area contributed by atoms with Crippen LogP contribution in [0.15, 0.2) is 40.2 Å². The zero-order valence-electron chi connectivity index (χ0n) is 8.54. The van der Waals surface area contributed by atoms with Gasteiger partial charge < -0.3 is 5.32 Å². The van der Waals surface area contributed by atoms with Crippen LogP contribution in [-0.2, 0) is 13.1 Å². The smallest absolute Gasteiger partial charge is 0.0406 e. The topological polar surface area (TPSA) is 12.0 Å². The Kier molecular flexibility index (Phi) is 4.41. The van der Waals surface area contributed by atoms with Gasteiger partial charge in [-0.05, 0) is 39.7 Å². The third kappa shape index (κ3) is 3.59. The highest BCUT2D eigenvalue weighted by molar-refractivity contribution is 9.10. The molecule has 2 aromatic rings. The van der Waals surface area contributed by atoms with Crippen molar-refractivity contribution in [1.29, 1.82) is 0 Å². The van der Waals surface area contributed by atoms with E-state index in [2.05, 4.69) is 32.7 Å². The molecule has 1 N–H and O–H groups in total. The summed E-state index contributed by atoms with van der Waals surface area (Å²) in [5, 5.41) is 6.28. The summed E-state index contributed by atoms with van der Waals surface area (Å²) in [5.41, 5.74) is 1.25. The predicted octanol–water partition coefficient (Wildman–Crippen LogP) is 4.45. The van der Waals surface area contributed by atoms with Crippen molar-refractivity contribution in [3.8, 4) is 0 Å². The molecule has 1 aromatic carbocycles. The van der Waals surface area contributed by atoms with Crippen LogP contribution in [0.5, 0.6) is 0 Å². The number of hydrogen-bond donors (Lipinski definition) is 1. The number of thiophene rings is 1. The molecule has 1 nitrogen and oxygen atoms in total. The fourth-order valence-electron chi connectivity index (χ4n) is 1.38. The van der Waals surface area contributed by atoms with Crippen molar-refractivity contribution >= 4 is 38.9 Å². The van der Waals surface area contributed by atoms with E-state index in [0.717, 1.165) is 22.6 Å². The molecule has 4 heteroatoms. The number of halogens is 2. The molecular formula is C12H11BrClNS. The van der Waals surface area contributed by atoms with E-state index in [1.54, 1.807) is 11.3 Å². The van der Waals surface area contributed by atoms with Crippen LogP contribution in [0, 0.1) is 0 Å². The van der Waals surface area contributed by atoms with Crippen LogP contribution in [0.1, 0.15) is 10.4 Å². The number of nitrogens with one attached hydrogen (secondary N) is 1. The van der Waals surface area contributed by atoms with Crippen LogP contribution in [0.4, 0.5) is 0 Å². The molecule has 0 atom stereocenters. The van der Waals surface area contributed by atoms with Crippen molar-refractivity contribution in [2.24, 2.45) is 0 Å². The van der Waals surface area contributed by atoms with Gasteiger partial charge in [-0.2, -0.15) is 0 Å². The Morgan fingerprint density at radius 1 is 1.19 bits per heavy atom. The molecule has 16 heavy (non-hydrogen) atoms. The first-order chi connectivity index (χ1) is 7.74. The summed E-state index contributed by atoms with van der Waals surface area (Å²) in [6.45, 7) is 1.77. The van der Waals surface area contributed by atoms with Crippen molar-refractivity contribution in [1.82, 2.24) is 5.32 Å². The van der Waals surface area contributed by atoms with E-state index in [0.29, 0.717) is 0 Å². The second-order valence-corrected chi connectivity index (χ2v) is 5.81. The average molecular weight is 317 g/mol. The monoisotopic (exact) mass is 315 g/mol. The lowest BCUT2D eigenvalue weighted by Crippen LogP contribution is -2.11. The molecule has 1 aromatic heterocycles. The summed E-state index contributed by atoms with van der Waals surface area (Å²) in [6, 6.07) is 10.1. The molecule has 0 spiro atoms. The van der Waals surface area contributed by atoms with E-state index in [1.807, 2.05) is 24.3 Å². The maximum Gasteiger partial charge on any atom is 0.0406 e. The molecule has 0 fully saturated rings. The van der Waals surface area contributed by atoms with E-state index in [-0.39, 0.29) is 0 Å². The number of benzene rings is 1. The van der Waals surface area contributed by atoms with Gasteiger partial charge in [0.2, 0.25) is 0 Å². The summed E-state index contributed by atoms with van der Waals surface area (Å²) in [6.07, 6.45) is 0. The van der Waals surface area contributed by atoms with E-state index in [4.69, 9.17) is 11.6 Å². The number of rotatable bonds is 4. The van der Waals surface area contributed by atoms with Gasteiger partial charge in [-0.15, -0.1) is 11.3 Å². The lowest BCUT2D eigenvalue weighted by molar-refractivity contribution is 0.701. The Hall–Kier alpha value is -0.350. The molecule has 1 heterocycles. The van der Waals surface area contributed by atoms with Gasteiger partial charge in [-0.25, -0.2) is 0 Å². The van der Waals surface area contributed by atoms with Gasteiger partial charge >= 0.3 is 0 Å². The number of hydrogen-bond acceptors (Lipinski definition) is 2. The Labute approximate surface area is 113 Å². The highest BCUT2D eigenvalue weighted by Gasteiger charge is 1.97. The summed E-state index contributed by atoms with van der Waals surface area (Å²) in [4.78, 5) is 1.33. The van der Waals surface area contributed by atoms with E-state index < -0.39 is 0 Å². The lowest BCUT2D eigenvalue weighted by Gasteiger charge is -2.03. The Morgan fingerprint density at radius 3 is 2.56 bits per heavy atom. The molecule has 0 saturated carbocycles. The van der Waals surface area contributed by atoms with Crippen molar-refractivity contribution in [2.75, 3.05) is 0 Å². The first-order valence-corrected chi connectivity index (χ1v) is 6.97. The van der Waals surface area contributed by atoms with Crippen LogP contribution >= 0.6 is 38.9 Å². The minimum Gasteiger partial charge on any atom is -0.308 e. The highest BCUT2D eigenvalue weighted by Crippen LogP contribution is 2.19. The van der Waals surface area contributed by atoms with Crippen molar-refractivity contribution in [3.05, 3.63) is 55.6 Å².